The predicted octanol–water partition coefficient (Wildman–Crippen LogP) is 1.84. The molecule has 72 valence electrons. The molecule has 1 aromatic carbocycles. The molecule has 1 unspecified atom stereocenters. The van der Waals surface area contributed by atoms with Crippen molar-refractivity contribution < 1.29 is 5.11 Å². The number of phenols is 1. The van der Waals surface area contributed by atoms with Crippen molar-refractivity contribution in [2.24, 2.45) is 5.73 Å². The SMILES string of the molecule is C=CCC(N)c1ccc(O)c(C#N)c1. The van der Waals surface area contributed by atoms with E-state index in [1.165, 1.54) is 6.07 Å². The number of nitrogens with two attached hydrogens (primary N) is 1. The molecule has 1 rings (SSSR count). The second-order valence-corrected chi connectivity index (χ2v) is 3.02. The molecule has 0 aliphatic rings. The zero-order chi connectivity index (χ0) is 10.6. The number of nitriles is 1. The summed E-state index contributed by atoms with van der Waals surface area (Å²) in [7, 11) is 0. The van der Waals surface area contributed by atoms with E-state index in [0.29, 0.717) is 6.42 Å². The third-order valence-electron chi connectivity index (χ3n) is 1.99. The predicted molar refractivity (Wildman–Crippen MR) is 54.6 cm³/mol. The lowest BCUT2D eigenvalue weighted by Gasteiger charge is -2.09. The van der Waals surface area contributed by atoms with Gasteiger partial charge in [-0.1, -0.05) is 12.1 Å². The molecule has 1 atom stereocenters. The molecule has 0 aliphatic carbocycles. The van der Waals surface area contributed by atoms with Crippen LogP contribution in [0.25, 0.3) is 0 Å². The fourth-order valence-electron chi connectivity index (χ4n) is 1.19. The Kier molecular flexibility index (Phi) is 3.27. The van der Waals surface area contributed by atoms with Gasteiger partial charge in [-0.05, 0) is 24.1 Å². The second kappa shape index (κ2) is 4.45. The quantitative estimate of drug-likeness (QED) is 0.711. The van der Waals surface area contributed by atoms with E-state index in [-0.39, 0.29) is 17.4 Å². The maximum Gasteiger partial charge on any atom is 0.133 e. The fraction of sp³-hybridized carbons (Fsp3) is 0.182. The zero-order valence-corrected chi connectivity index (χ0v) is 7.77. The average Bonchev–Trinajstić information content (AvgIpc) is 2.19. The Morgan fingerprint density at radius 1 is 1.64 bits per heavy atom. The van der Waals surface area contributed by atoms with Gasteiger partial charge in [0.2, 0.25) is 0 Å². The topological polar surface area (TPSA) is 70.0 Å². The van der Waals surface area contributed by atoms with Crippen LogP contribution in [-0.4, -0.2) is 5.11 Å². The van der Waals surface area contributed by atoms with Crippen LogP contribution in [0.5, 0.6) is 5.75 Å². The number of phenolic OH excluding ortho intramolecular Hbond substituents is 1. The van der Waals surface area contributed by atoms with Gasteiger partial charge in [-0.15, -0.1) is 6.58 Å². The van der Waals surface area contributed by atoms with Crippen LogP contribution in [-0.2, 0) is 0 Å². The minimum absolute atomic E-state index is 0.0120. The lowest BCUT2D eigenvalue weighted by Crippen LogP contribution is -2.08. The molecule has 0 bridgehead atoms. The molecule has 0 fully saturated rings. The second-order valence-electron chi connectivity index (χ2n) is 3.02. The van der Waals surface area contributed by atoms with Crippen LogP contribution in [0.15, 0.2) is 30.9 Å². The number of aromatic hydroxyl groups is 1. The summed E-state index contributed by atoms with van der Waals surface area (Å²) in [5.41, 5.74) is 6.90. The van der Waals surface area contributed by atoms with Crippen LogP contribution in [0.2, 0.25) is 0 Å². The Morgan fingerprint density at radius 3 is 2.93 bits per heavy atom. The summed E-state index contributed by atoms with van der Waals surface area (Å²) in [5.74, 6) is -0.0120. The highest BCUT2D eigenvalue weighted by Gasteiger charge is 2.07. The summed E-state index contributed by atoms with van der Waals surface area (Å²) >= 11 is 0. The van der Waals surface area contributed by atoms with Crippen LogP contribution in [0, 0.1) is 11.3 Å². The van der Waals surface area contributed by atoms with Crippen molar-refractivity contribution in [1.29, 1.82) is 5.26 Å². The summed E-state index contributed by atoms with van der Waals surface area (Å²) in [6.45, 7) is 3.59. The molecule has 0 saturated heterocycles. The van der Waals surface area contributed by atoms with Crippen molar-refractivity contribution in [2.75, 3.05) is 0 Å². The van der Waals surface area contributed by atoms with Gasteiger partial charge in [-0.3, -0.25) is 0 Å². The van der Waals surface area contributed by atoms with E-state index in [1.54, 1.807) is 18.2 Å². The molecular formula is C11H12N2O. The van der Waals surface area contributed by atoms with Crippen LogP contribution < -0.4 is 5.73 Å². The molecule has 3 heteroatoms. The monoisotopic (exact) mass is 188 g/mol. The molecule has 3 N–H and O–H groups in total. The molecule has 0 saturated carbocycles. The van der Waals surface area contributed by atoms with Gasteiger partial charge in [0.05, 0.1) is 5.56 Å². The number of hydrogen-bond donors (Lipinski definition) is 2. The third-order valence-corrected chi connectivity index (χ3v) is 1.99. The minimum atomic E-state index is -0.166. The van der Waals surface area contributed by atoms with E-state index in [9.17, 15) is 5.11 Å². The third kappa shape index (κ3) is 2.12. The maximum atomic E-state index is 9.26. The van der Waals surface area contributed by atoms with E-state index in [4.69, 9.17) is 11.0 Å². The molecule has 0 aromatic heterocycles. The largest absolute Gasteiger partial charge is 0.507 e. The average molecular weight is 188 g/mol. The summed E-state index contributed by atoms with van der Waals surface area (Å²) < 4.78 is 0. The molecule has 0 spiro atoms. The highest BCUT2D eigenvalue weighted by molar-refractivity contribution is 5.45. The van der Waals surface area contributed by atoms with Crippen molar-refractivity contribution in [3.05, 3.63) is 42.0 Å². The van der Waals surface area contributed by atoms with Gasteiger partial charge >= 0.3 is 0 Å². The first-order chi connectivity index (χ1) is 6.69. The summed E-state index contributed by atoms with van der Waals surface area (Å²) in [6.07, 6.45) is 2.37. The number of nitrogens with zero attached hydrogens (tertiary/aromatic N) is 1. The fourth-order valence-corrected chi connectivity index (χ4v) is 1.19. The molecular weight excluding hydrogens is 176 g/mol. The first-order valence-corrected chi connectivity index (χ1v) is 4.28. The van der Waals surface area contributed by atoms with Crippen molar-refractivity contribution >= 4 is 0 Å². The highest BCUT2D eigenvalue weighted by atomic mass is 16.3. The van der Waals surface area contributed by atoms with Crippen LogP contribution in [0.3, 0.4) is 0 Å². The lowest BCUT2D eigenvalue weighted by atomic mass is 10.0. The number of hydrogen-bond acceptors (Lipinski definition) is 3. The van der Waals surface area contributed by atoms with E-state index in [1.807, 2.05) is 6.07 Å². The molecule has 1 aromatic rings. The van der Waals surface area contributed by atoms with Gasteiger partial charge in [-0.25, -0.2) is 0 Å². The Morgan fingerprint density at radius 2 is 2.36 bits per heavy atom. The summed E-state index contributed by atoms with van der Waals surface area (Å²) in [6, 6.07) is 6.53. The van der Waals surface area contributed by atoms with Gasteiger partial charge in [0.25, 0.3) is 0 Å². The number of rotatable bonds is 3. The molecule has 0 radical (unpaired) electrons. The van der Waals surface area contributed by atoms with Crippen LogP contribution in [0.4, 0.5) is 0 Å². The van der Waals surface area contributed by atoms with Crippen molar-refractivity contribution in [3.8, 4) is 11.8 Å². The highest BCUT2D eigenvalue weighted by Crippen LogP contribution is 2.22. The van der Waals surface area contributed by atoms with Gasteiger partial charge in [0.1, 0.15) is 11.8 Å². The van der Waals surface area contributed by atoms with Gasteiger partial charge < -0.3 is 10.8 Å². The minimum Gasteiger partial charge on any atom is -0.507 e. The molecule has 14 heavy (non-hydrogen) atoms. The number of benzene rings is 1. The molecule has 0 heterocycles. The molecule has 3 nitrogen and oxygen atoms in total. The molecule has 0 aliphatic heterocycles. The Labute approximate surface area is 83.1 Å². The van der Waals surface area contributed by atoms with E-state index in [2.05, 4.69) is 6.58 Å². The van der Waals surface area contributed by atoms with Crippen LogP contribution in [0.1, 0.15) is 23.6 Å². The Bertz CT molecular complexity index is 379. The first-order valence-electron chi connectivity index (χ1n) is 4.28. The van der Waals surface area contributed by atoms with E-state index >= 15 is 0 Å². The first kappa shape index (κ1) is 10.3. The van der Waals surface area contributed by atoms with Gasteiger partial charge in [0, 0.05) is 6.04 Å². The zero-order valence-electron chi connectivity index (χ0n) is 7.77. The summed E-state index contributed by atoms with van der Waals surface area (Å²) in [4.78, 5) is 0. The van der Waals surface area contributed by atoms with Crippen molar-refractivity contribution in [1.82, 2.24) is 0 Å². The Balaban J connectivity index is 3.01. The van der Waals surface area contributed by atoms with E-state index in [0.717, 1.165) is 5.56 Å². The van der Waals surface area contributed by atoms with Crippen LogP contribution >= 0.6 is 0 Å². The summed E-state index contributed by atoms with van der Waals surface area (Å²) in [5, 5.41) is 17.9. The molecule has 0 amide bonds. The standard InChI is InChI=1S/C11H12N2O/c1-2-3-10(13)8-4-5-11(14)9(6-8)7-12/h2,4-6,10,14H,1,3,13H2. The Hall–Kier alpha value is -1.79. The van der Waals surface area contributed by atoms with Gasteiger partial charge in [-0.2, -0.15) is 5.26 Å². The van der Waals surface area contributed by atoms with Crippen molar-refractivity contribution in [2.45, 2.75) is 12.5 Å². The van der Waals surface area contributed by atoms with E-state index < -0.39 is 0 Å². The van der Waals surface area contributed by atoms with Gasteiger partial charge in [0.15, 0.2) is 0 Å². The lowest BCUT2D eigenvalue weighted by molar-refractivity contribution is 0.473. The maximum absolute atomic E-state index is 9.26. The smallest absolute Gasteiger partial charge is 0.133 e. The normalized spacial score (nSPS) is 11.7. The van der Waals surface area contributed by atoms with Crippen molar-refractivity contribution in [3.63, 3.8) is 0 Å².